The molecule has 0 fully saturated rings. The third-order valence-electron chi connectivity index (χ3n) is 7.19. The molecule has 0 bridgehead atoms. The predicted molar refractivity (Wildman–Crippen MR) is 168 cm³/mol. The van der Waals surface area contributed by atoms with E-state index in [4.69, 9.17) is 22.8 Å². The maximum atomic E-state index is 6.30. The summed E-state index contributed by atoms with van der Waals surface area (Å²) in [5.74, 6) is 1.93. The zero-order valence-electron chi connectivity index (χ0n) is 21.0. The lowest BCUT2D eigenvalue weighted by Crippen LogP contribution is -2.03. The van der Waals surface area contributed by atoms with Crippen molar-refractivity contribution >= 4 is 62.8 Å². The summed E-state index contributed by atoms with van der Waals surface area (Å²) in [5.41, 5.74) is 7.02. The van der Waals surface area contributed by atoms with E-state index in [-0.39, 0.29) is 0 Å². The minimum Gasteiger partial charge on any atom is -0.307 e. The molecule has 1 aliphatic heterocycles. The standard InChI is InChI=1S/C33H18BBrN4S/c34-22-11-13-26-24(17-22)25-15-21(16-29-30(25)39(26)27-14-12-23(35)18-28(27)40-29)33-37-31(19-7-3-1-4-8-19)36-32(38-33)20-9-5-2-6-10-20/h1-18H. The van der Waals surface area contributed by atoms with E-state index in [0.717, 1.165) is 53.5 Å². The largest absolute Gasteiger partial charge is 0.307 e. The van der Waals surface area contributed by atoms with Gasteiger partial charge in [-0.2, -0.15) is 0 Å². The second kappa shape index (κ2) is 9.19. The smallest absolute Gasteiger partial charge is 0.164 e. The first-order valence-electron chi connectivity index (χ1n) is 12.9. The Morgan fingerprint density at radius 2 is 1.25 bits per heavy atom. The van der Waals surface area contributed by atoms with Gasteiger partial charge in [0.05, 0.1) is 16.7 Å². The zero-order valence-corrected chi connectivity index (χ0v) is 23.4. The average Bonchev–Trinajstić information content (AvgIpc) is 3.32. The van der Waals surface area contributed by atoms with Crippen molar-refractivity contribution in [1.82, 2.24) is 19.5 Å². The van der Waals surface area contributed by atoms with E-state index in [1.165, 1.54) is 10.4 Å². The summed E-state index contributed by atoms with van der Waals surface area (Å²) in [6.45, 7) is 0. The fraction of sp³-hybridized carbons (Fsp3) is 0. The number of hydrogen-bond acceptors (Lipinski definition) is 4. The van der Waals surface area contributed by atoms with Gasteiger partial charge in [0.25, 0.3) is 0 Å². The molecule has 40 heavy (non-hydrogen) atoms. The molecule has 0 aliphatic carbocycles. The van der Waals surface area contributed by atoms with Gasteiger partial charge in [-0.25, -0.2) is 15.0 Å². The van der Waals surface area contributed by atoms with Crippen molar-refractivity contribution in [1.29, 1.82) is 0 Å². The molecule has 186 valence electrons. The fourth-order valence-corrected chi connectivity index (χ4v) is 7.08. The van der Waals surface area contributed by atoms with Crippen LogP contribution in [0.15, 0.2) is 123 Å². The van der Waals surface area contributed by atoms with Crippen molar-refractivity contribution < 1.29 is 0 Å². The van der Waals surface area contributed by atoms with Gasteiger partial charge < -0.3 is 4.57 Å². The molecule has 2 radical (unpaired) electrons. The predicted octanol–water partition coefficient (Wildman–Crippen LogP) is 7.99. The van der Waals surface area contributed by atoms with E-state index in [0.29, 0.717) is 17.5 Å². The van der Waals surface area contributed by atoms with E-state index in [2.05, 4.69) is 63.0 Å². The first-order valence-corrected chi connectivity index (χ1v) is 14.5. The SMILES string of the molecule is [B]c1ccc2c(c1)c1cc(-c3nc(-c4ccccc4)nc(-c4ccccc4)n3)cc3c1n2-c1ccc(Br)cc1S3. The van der Waals surface area contributed by atoms with E-state index < -0.39 is 0 Å². The molecule has 7 aromatic rings. The molecular weight excluding hydrogens is 575 g/mol. The lowest BCUT2D eigenvalue weighted by molar-refractivity contribution is 1.07. The molecule has 0 spiro atoms. The highest BCUT2D eigenvalue weighted by atomic mass is 79.9. The summed E-state index contributed by atoms with van der Waals surface area (Å²) in [6.07, 6.45) is 0. The zero-order chi connectivity index (χ0) is 26.8. The topological polar surface area (TPSA) is 43.6 Å². The van der Waals surface area contributed by atoms with Crippen LogP contribution in [0.3, 0.4) is 0 Å². The maximum absolute atomic E-state index is 6.30. The average molecular weight is 593 g/mol. The Morgan fingerprint density at radius 3 is 1.93 bits per heavy atom. The normalized spacial score (nSPS) is 12.1. The van der Waals surface area contributed by atoms with Crippen molar-refractivity contribution in [2.45, 2.75) is 9.79 Å². The van der Waals surface area contributed by atoms with E-state index in [1.807, 2.05) is 66.7 Å². The van der Waals surface area contributed by atoms with Gasteiger partial charge in [0, 0.05) is 41.7 Å². The van der Waals surface area contributed by atoms with Crippen LogP contribution < -0.4 is 5.46 Å². The van der Waals surface area contributed by atoms with Crippen molar-refractivity contribution in [3.8, 4) is 39.9 Å². The van der Waals surface area contributed by atoms with Gasteiger partial charge in [-0.05, 0) is 36.4 Å². The monoisotopic (exact) mass is 592 g/mol. The summed E-state index contributed by atoms with van der Waals surface area (Å²) < 4.78 is 3.40. The van der Waals surface area contributed by atoms with Crippen LogP contribution in [0.2, 0.25) is 0 Å². The highest BCUT2D eigenvalue weighted by Gasteiger charge is 2.25. The first-order chi connectivity index (χ1) is 19.6. The minimum atomic E-state index is 0.635. The summed E-state index contributed by atoms with van der Waals surface area (Å²) in [5, 5.41) is 2.23. The molecule has 4 nitrogen and oxygen atoms in total. The second-order valence-electron chi connectivity index (χ2n) is 9.73. The maximum Gasteiger partial charge on any atom is 0.164 e. The van der Waals surface area contributed by atoms with E-state index in [9.17, 15) is 0 Å². The van der Waals surface area contributed by atoms with Crippen molar-refractivity contribution in [3.63, 3.8) is 0 Å². The molecule has 8 rings (SSSR count). The lowest BCUT2D eigenvalue weighted by atomic mass is 9.94. The fourth-order valence-electron chi connectivity index (χ4n) is 5.40. The van der Waals surface area contributed by atoms with Gasteiger partial charge >= 0.3 is 0 Å². The molecule has 0 amide bonds. The lowest BCUT2D eigenvalue weighted by Gasteiger charge is -2.21. The Morgan fingerprint density at radius 1 is 0.600 bits per heavy atom. The molecule has 7 heteroatoms. The third-order valence-corrected chi connectivity index (χ3v) is 8.76. The molecule has 5 aromatic carbocycles. The first kappa shape index (κ1) is 23.7. The van der Waals surface area contributed by atoms with Crippen molar-refractivity contribution in [3.05, 3.63) is 114 Å². The minimum absolute atomic E-state index is 0.635. The van der Waals surface area contributed by atoms with Crippen LogP contribution in [0, 0.1) is 0 Å². The highest BCUT2D eigenvalue weighted by molar-refractivity contribution is 9.10. The van der Waals surface area contributed by atoms with Crippen LogP contribution in [0.5, 0.6) is 0 Å². The van der Waals surface area contributed by atoms with Gasteiger partial charge in [-0.3, -0.25) is 0 Å². The molecular formula is C33H18BBrN4S. The van der Waals surface area contributed by atoms with Gasteiger partial charge in [0.2, 0.25) is 0 Å². The summed E-state index contributed by atoms with van der Waals surface area (Å²) in [4.78, 5) is 17.2. The Labute approximate surface area is 244 Å². The highest BCUT2D eigenvalue weighted by Crippen LogP contribution is 2.48. The molecule has 0 atom stereocenters. The number of benzene rings is 5. The Bertz CT molecular complexity index is 2050. The van der Waals surface area contributed by atoms with Crippen LogP contribution >= 0.6 is 27.7 Å². The van der Waals surface area contributed by atoms with Crippen molar-refractivity contribution in [2.75, 3.05) is 0 Å². The van der Waals surface area contributed by atoms with E-state index in [1.54, 1.807) is 11.8 Å². The third kappa shape index (κ3) is 3.80. The van der Waals surface area contributed by atoms with Gasteiger partial charge in [0.1, 0.15) is 7.85 Å². The van der Waals surface area contributed by atoms with E-state index >= 15 is 0 Å². The van der Waals surface area contributed by atoms with Crippen LogP contribution in [-0.4, -0.2) is 27.4 Å². The van der Waals surface area contributed by atoms with Crippen LogP contribution in [0.25, 0.3) is 61.7 Å². The van der Waals surface area contributed by atoms with Crippen molar-refractivity contribution in [2.24, 2.45) is 0 Å². The molecule has 3 heterocycles. The quantitative estimate of drug-likeness (QED) is 0.195. The Hall–Kier alpha value is -4.20. The molecule has 1 aliphatic rings. The molecule has 0 saturated heterocycles. The molecule has 0 unspecified atom stereocenters. The second-order valence-corrected chi connectivity index (χ2v) is 11.7. The van der Waals surface area contributed by atoms with Gasteiger partial charge in [-0.15, -0.1) is 0 Å². The number of fused-ring (bicyclic) bond motifs is 5. The number of aromatic nitrogens is 4. The van der Waals surface area contributed by atoms with Crippen LogP contribution in [-0.2, 0) is 0 Å². The molecule has 0 saturated carbocycles. The number of rotatable bonds is 3. The Kier molecular flexibility index (Phi) is 5.44. The van der Waals surface area contributed by atoms with Crippen LogP contribution in [0.1, 0.15) is 0 Å². The summed E-state index contributed by atoms with van der Waals surface area (Å²) in [7, 11) is 6.30. The van der Waals surface area contributed by atoms with Crippen LogP contribution in [0.4, 0.5) is 0 Å². The van der Waals surface area contributed by atoms with Gasteiger partial charge in [-0.1, -0.05) is 106 Å². The number of halogens is 1. The molecule has 2 aromatic heterocycles. The molecule has 0 N–H and O–H groups in total. The number of nitrogens with zero attached hydrogens (tertiary/aromatic N) is 4. The summed E-state index contributed by atoms with van der Waals surface area (Å²) >= 11 is 5.43. The Balaban J connectivity index is 1.43. The summed E-state index contributed by atoms with van der Waals surface area (Å²) in [6, 6.07) is 37.1. The number of hydrogen-bond donors (Lipinski definition) is 0. The van der Waals surface area contributed by atoms with Gasteiger partial charge in [0.15, 0.2) is 17.5 Å².